The molecule has 0 N–H and O–H groups in total. The predicted octanol–water partition coefficient (Wildman–Crippen LogP) is 5.03. The average Bonchev–Trinajstić information content (AvgIpc) is 2.63. The lowest BCUT2D eigenvalue weighted by atomic mass is 9.64. The lowest BCUT2D eigenvalue weighted by molar-refractivity contribution is -0.234. The number of hydrogen-bond acceptors (Lipinski definition) is 3. The van der Waals surface area contributed by atoms with Crippen molar-refractivity contribution >= 4 is 5.78 Å². The largest absolute Gasteiger partial charge is 0.344 e. The van der Waals surface area contributed by atoms with Crippen LogP contribution in [0.5, 0.6) is 0 Å². The molecule has 1 aliphatic rings. The summed E-state index contributed by atoms with van der Waals surface area (Å²) in [6.07, 6.45) is 6.62. The minimum absolute atomic E-state index is 0.131. The molecule has 0 aromatic heterocycles. The van der Waals surface area contributed by atoms with Gasteiger partial charge in [-0.1, -0.05) is 62.9 Å². The molecule has 1 aliphatic carbocycles. The summed E-state index contributed by atoms with van der Waals surface area (Å²) >= 11 is 0. The summed E-state index contributed by atoms with van der Waals surface area (Å²) in [5.74, 6) is -0.975. The van der Waals surface area contributed by atoms with Gasteiger partial charge in [-0.15, -0.1) is 0 Å². The van der Waals surface area contributed by atoms with E-state index >= 15 is 0 Å². The molecule has 1 aromatic rings. The molecule has 0 aliphatic heterocycles. The first kappa shape index (κ1) is 19.1. The van der Waals surface area contributed by atoms with Gasteiger partial charge in [0.1, 0.15) is 0 Å². The van der Waals surface area contributed by atoms with Crippen LogP contribution in [-0.2, 0) is 19.7 Å². The second kappa shape index (κ2) is 8.77. The quantitative estimate of drug-likeness (QED) is 0.595. The normalized spacial score (nSPS) is 17.6. The Balaban J connectivity index is 2.48. The van der Waals surface area contributed by atoms with Crippen molar-refractivity contribution in [3.05, 3.63) is 35.9 Å². The number of ketones is 1. The first-order chi connectivity index (χ1) is 11.6. The van der Waals surface area contributed by atoms with E-state index in [0.717, 1.165) is 37.7 Å². The van der Waals surface area contributed by atoms with Gasteiger partial charge in [0.15, 0.2) is 0 Å². The molecule has 1 aromatic carbocycles. The summed E-state index contributed by atoms with van der Waals surface area (Å²) in [5.41, 5.74) is 0.647. The van der Waals surface area contributed by atoms with Crippen LogP contribution in [0, 0.1) is 0 Å². The Labute approximate surface area is 146 Å². The highest BCUT2D eigenvalue weighted by Crippen LogP contribution is 2.44. The van der Waals surface area contributed by atoms with E-state index in [9.17, 15) is 4.79 Å². The van der Waals surface area contributed by atoms with Crippen LogP contribution in [0.1, 0.15) is 71.3 Å². The number of carbonyl (C=O) groups is 1. The zero-order valence-corrected chi connectivity index (χ0v) is 15.5. The molecular weight excluding hydrogens is 300 g/mol. The molecule has 2 rings (SSSR count). The van der Waals surface area contributed by atoms with E-state index in [0.29, 0.717) is 19.6 Å². The maximum atomic E-state index is 13.9. The van der Waals surface area contributed by atoms with Gasteiger partial charge in [-0.25, -0.2) is 0 Å². The van der Waals surface area contributed by atoms with E-state index in [1.54, 1.807) is 0 Å². The smallest absolute Gasteiger partial charge is 0.229 e. The highest BCUT2D eigenvalue weighted by Gasteiger charge is 2.52. The first-order valence-electron chi connectivity index (χ1n) is 9.53. The third-order valence-corrected chi connectivity index (χ3v) is 5.15. The van der Waals surface area contributed by atoms with Crippen molar-refractivity contribution in [2.75, 3.05) is 13.2 Å². The van der Waals surface area contributed by atoms with Gasteiger partial charge < -0.3 is 9.47 Å². The SMILES string of the molecule is CCCC(OCC)(OCC)C(=O)C1(c2ccccc2)CCCCC1. The Hall–Kier alpha value is -1.19. The van der Waals surface area contributed by atoms with Gasteiger partial charge in [0.05, 0.1) is 5.41 Å². The van der Waals surface area contributed by atoms with E-state index in [2.05, 4.69) is 19.1 Å². The number of benzene rings is 1. The van der Waals surface area contributed by atoms with Gasteiger partial charge in [0.2, 0.25) is 11.6 Å². The fourth-order valence-corrected chi connectivity index (χ4v) is 4.15. The number of ether oxygens (including phenoxy) is 2. The van der Waals surface area contributed by atoms with Crippen molar-refractivity contribution in [2.24, 2.45) is 0 Å². The Morgan fingerprint density at radius 3 is 2.08 bits per heavy atom. The molecule has 0 bridgehead atoms. The van der Waals surface area contributed by atoms with E-state index < -0.39 is 11.2 Å². The van der Waals surface area contributed by atoms with Crippen molar-refractivity contribution in [3.8, 4) is 0 Å². The zero-order valence-electron chi connectivity index (χ0n) is 15.5. The van der Waals surface area contributed by atoms with Crippen molar-refractivity contribution in [2.45, 2.75) is 76.9 Å². The molecular formula is C21H32O3. The highest BCUT2D eigenvalue weighted by atomic mass is 16.7. The Bertz CT molecular complexity index is 486. The first-order valence-corrected chi connectivity index (χ1v) is 9.53. The van der Waals surface area contributed by atoms with Crippen molar-refractivity contribution < 1.29 is 14.3 Å². The zero-order chi connectivity index (χ0) is 17.5. The van der Waals surface area contributed by atoms with Crippen molar-refractivity contribution in [1.29, 1.82) is 0 Å². The fourth-order valence-electron chi connectivity index (χ4n) is 4.15. The summed E-state index contributed by atoms with van der Waals surface area (Å²) in [6.45, 7) is 6.92. The van der Waals surface area contributed by atoms with Crippen molar-refractivity contribution in [1.82, 2.24) is 0 Å². The monoisotopic (exact) mass is 332 g/mol. The summed E-state index contributed by atoms with van der Waals surface area (Å²) in [5, 5.41) is 0. The van der Waals surface area contributed by atoms with Crippen LogP contribution in [-0.4, -0.2) is 24.8 Å². The molecule has 3 heteroatoms. The number of hydrogen-bond donors (Lipinski definition) is 0. The molecule has 1 saturated carbocycles. The third-order valence-electron chi connectivity index (χ3n) is 5.15. The van der Waals surface area contributed by atoms with Crippen molar-refractivity contribution in [3.63, 3.8) is 0 Å². The molecule has 0 spiro atoms. The topological polar surface area (TPSA) is 35.5 Å². The van der Waals surface area contributed by atoms with E-state index in [-0.39, 0.29) is 5.78 Å². The molecule has 134 valence electrons. The highest BCUT2D eigenvalue weighted by molar-refractivity contribution is 5.96. The van der Waals surface area contributed by atoms with Gasteiger partial charge >= 0.3 is 0 Å². The van der Waals surface area contributed by atoms with Crippen LogP contribution < -0.4 is 0 Å². The minimum Gasteiger partial charge on any atom is -0.344 e. The maximum absolute atomic E-state index is 13.9. The van der Waals surface area contributed by atoms with Crippen LogP contribution in [0.15, 0.2) is 30.3 Å². The molecule has 0 radical (unpaired) electrons. The predicted molar refractivity (Wildman–Crippen MR) is 97.1 cm³/mol. The second-order valence-corrected chi connectivity index (χ2v) is 6.71. The average molecular weight is 332 g/mol. The van der Waals surface area contributed by atoms with Crippen LogP contribution >= 0.6 is 0 Å². The Morgan fingerprint density at radius 2 is 1.58 bits per heavy atom. The Morgan fingerprint density at radius 1 is 1.00 bits per heavy atom. The van der Waals surface area contributed by atoms with Gasteiger partial charge in [0.25, 0.3) is 0 Å². The Kier molecular flexibility index (Phi) is 7.00. The summed E-state index contributed by atoms with van der Waals surface area (Å²) < 4.78 is 12.0. The molecule has 0 heterocycles. The number of Topliss-reactive ketones (excluding diaryl/α,β-unsaturated/α-hetero) is 1. The van der Waals surface area contributed by atoms with Gasteiger partial charge in [-0.05, 0) is 32.3 Å². The molecule has 0 unspecified atom stereocenters. The van der Waals surface area contributed by atoms with Gasteiger partial charge in [-0.3, -0.25) is 4.79 Å². The summed E-state index contributed by atoms with van der Waals surface area (Å²) in [7, 11) is 0. The van der Waals surface area contributed by atoms with Crippen LogP contribution in [0.2, 0.25) is 0 Å². The van der Waals surface area contributed by atoms with Crippen LogP contribution in [0.25, 0.3) is 0 Å². The number of carbonyl (C=O) groups excluding carboxylic acids is 1. The summed E-state index contributed by atoms with van der Waals surface area (Å²) in [4.78, 5) is 13.9. The van der Waals surface area contributed by atoms with Gasteiger partial charge in [0, 0.05) is 19.6 Å². The lowest BCUT2D eigenvalue weighted by Crippen LogP contribution is -2.55. The van der Waals surface area contributed by atoms with E-state index in [1.165, 1.54) is 6.42 Å². The molecule has 0 atom stereocenters. The molecule has 1 fully saturated rings. The molecule has 0 amide bonds. The molecule has 24 heavy (non-hydrogen) atoms. The van der Waals surface area contributed by atoms with Crippen LogP contribution in [0.4, 0.5) is 0 Å². The van der Waals surface area contributed by atoms with Crippen LogP contribution in [0.3, 0.4) is 0 Å². The third kappa shape index (κ3) is 3.73. The number of rotatable bonds is 9. The van der Waals surface area contributed by atoms with E-state index in [1.807, 2.05) is 32.0 Å². The maximum Gasteiger partial charge on any atom is 0.229 e. The molecule has 0 saturated heterocycles. The minimum atomic E-state index is -1.11. The van der Waals surface area contributed by atoms with E-state index in [4.69, 9.17) is 9.47 Å². The molecule has 3 nitrogen and oxygen atoms in total. The van der Waals surface area contributed by atoms with Gasteiger partial charge in [-0.2, -0.15) is 0 Å². The fraction of sp³-hybridized carbons (Fsp3) is 0.667. The lowest BCUT2D eigenvalue weighted by Gasteiger charge is -2.43. The standard InChI is InChI=1S/C21H32O3/c1-4-15-21(23-5-2,24-6-3)19(22)20(16-11-8-12-17-20)18-13-9-7-10-14-18/h7,9-10,13-14H,4-6,8,11-12,15-17H2,1-3H3. The second-order valence-electron chi connectivity index (χ2n) is 6.71. The summed E-state index contributed by atoms with van der Waals surface area (Å²) in [6, 6.07) is 10.3.